The van der Waals surface area contributed by atoms with Crippen LogP contribution in [0.3, 0.4) is 0 Å². The standard InChI is InChI=1S/C7H10N6O4/c1-6(2,3)7(12(14)15,13(16)17)5-4-8-10-11-9-5/h4H,1-3H3. The minimum absolute atomic E-state index is 0.449. The van der Waals surface area contributed by atoms with Crippen LogP contribution < -0.4 is 0 Å². The van der Waals surface area contributed by atoms with Crippen molar-refractivity contribution in [2.24, 2.45) is 5.41 Å². The van der Waals surface area contributed by atoms with Crippen LogP contribution in [0.2, 0.25) is 0 Å². The zero-order valence-electron chi connectivity index (χ0n) is 9.39. The maximum absolute atomic E-state index is 11.2. The Morgan fingerprint density at radius 3 is 1.94 bits per heavy atom. The SMILES string of the molecule is CC(C)(C)C(c1cnnnn1)([N+](=O)[O-])[N+](=O)[O-]. The van der Waals surface area contributed by atoms with Crippen LogP contribution in [0.1, 0.15) is 26.5 Å². The van der Waals surface area contributed by atoms with Crippen LogP contribution in [-0.2, 0) is 5.66 Å². The molecule has 10 nitrogen and oxygen atoms in total. The molecule has 0 fully saturated rings. The third kappa shape index (κ3) is 1.77. The third-order valence-electron chi connectivity index (χ3n) is 2.36. The predicted molar refractivity (Wildman–Crippen MR) is 52.7 cm³/mol. The van der Waals surface area contributed by atoms with Crippen molar-refractivity contribution in [1.82, 2.24) is 20.6 Å². The molecule has 1 rings (SSSR count). The van der Waals surface area contributed by atoms with E-state index in [1.807, 2.05) is 0 Å². The van der Waals surface area contributed by atoms with E-state index in [2.05, 4.69) is 20.6 Å². The highest BCUT2D eigenvalue weighted by molar-refractivity contribution is 5.05. The van der Waals surface area contributed by atoms with Gasteiger partial charge in [-0.1, -0.05) is 0 Å². The highest BCUT2D eigenvalue weighted by Gasteiger charge is 2.69. The van der Waals surface area contributed by atoms with Gasteiger partial charge >= 0.3 is 5.66 Å². The number of nitro groups is 2. The van der Waals surface area contributed by atoms with E-state index in [1.165, 1.54) is 20.8 Å². The van der Waals surface area contributed by atoms with Gasteiger partial charge in [0.1, 0.15) is 15.3 Å². The van der Waals surface area contributed by atoms with Crippen LogP contribution in [0.4, 0.5) is 0 Å². The Morgan fingerprint density at radius 2 is 1.65 bits per heavy atom. The number of rotatable bonds is 3. The van der Waals surface area contributed by atoms with Gasteiger partial charge in [-0.15, -0.1) is 10.2 Å². The van der Waals surface area contributed by atoms with Crippen molar-refractivity contribution >= 4 is 0 Å². The van der Waals surface area contributed by atoms with Crippen molar-refractivity contribution in [3.8, 4) is 0 Å². The molecule has 0 aliphatic carbocycles. The molecule has 0 saturated carbocycles. The molecule has 0 aliphatic rings. The summed E-state index contributed by atoms with van der Waals surface area (Å²) in [4.78, 5) is 20.3. The van der Waals surface area contributed by atoms with E-state index in [1.54, 1.807) is 0 Å². The van der Waals surface area contributed by atoms with Gasteiger partial charge in [-0.25, -0.2) is 0 Å². The lowest BCUT2D eigenvalue weighted by Gasteiger charge is -2.26. The minimum Gasteiger partial charge on any atom is -0.258 e. The molecule has 10 heteroatoms. The molecule has 0 bridgehead atoms. The van der Waals surface area contributed by atoms with E-state index in [0.717, 1.165) is 6.20 Å². The number of nitrogens with zero attached hydrogens (tertiary/aromatic N) is 6. The average Bonchev–Trinajstić information content (AvgIpc) is 2.16. The lowest BCUT2D eigenvalue weighted by molar-refractivity contribution is -0.829. The highest BCUT2D eigenvalue weighted by atomic mass is 16.7. The maximum Gasteiger partial charge on any atom is 0.508 e. The molecule has 92 valence electrons. The quantitative estimate of drug-likeness (QED) is 0.410. The topological polar surface area (TPSA) is 138 Å². The summed E-state index contributed by atoms with van der Waals surface area (Å²) >= 11 is 0. The summed E-state index contributed by atoms with van der Waals surface area (Å²) in [6.07, 6.45) is 0.879. The maximum atomic E-state index is 11.2. The molecule has 0 aromatic carbocycles. The Balaban J connectivity index is 3.59. The fraction of sp³-hybridized carbons (Fsp3) is 0.714. The van der Waals surface area contributed by atoms with Crippen LogP contribution in [0.25, 0.3) is 0 Å². The first-order valence-corrected chi connectivity index (χ1v) is 4.55. The number of aromatic nitrogens is 4. The molecule has 0 radical (unpaired) electrons. The smallest absolute Gasteiger partial charge is 0.258 e. The highest BCUT2D eigenvalue weighted by Crippen LogP contribution is 2.41. The monoisotopic (exact) mass is 242 g/mol. The Kier molecular flexibility index (Phi) is 2.98. The van der Waals surface area contributed by atoms with Crippen molar-refractivity contribution in [3.05, 3.63) is 32.1 Å². The van der Waals surface area contributed by atoms with E-state index in [9.17, 15) is 20.2 Å². The molecular formula is C7H10N6O4. The minimum atomic E-state index is -2.60. The van der Waals surface area contributed by atoms with Gasteiger partial charge in [0, 0.05) is 0 Å². The predicted octanol–water partition coefficient (Wildman–Crippen LogP) is 0.0189. The van der Waals surface area contributed by atoms with Gasteiger partial charge in [0.15, 0.2) is 0 Å². The second-order valence-electron chi connectivity index (χ2n) is 4.35. The van der Waals surface area contributed by atoms with E-state index in [-0.39, 0.29) is 0 Å². The second-order valence-corrected chi connectivity index (χ2v) is 4.35. The largest absolute Gasteiger partial charge is 0.508 e. The first-order valence-electron chi connectivity index (χ1n) is 4.55. The lowest BCUT2D eigenvalue weighted by Crippen LogP contribution is -2.54. The van der Waals surface area contributed by atoms with Crippen molar-refractivity contribution in [1.29, 1.82) is 0 Å². The summed E-state index contributed by atoms with van der Waals surface area (Å²) in [5.74, 6) is 0. The lowest BCUT2D eigenvalue weighted by atomic mass is 9.79. The van der Waals surface area contributed by atoms with Gasteiger partial charge < -0.3 is 0 Å². The van der Waals surface area contributed by atoms with Crippen molar-refractivity contribution in [2.45, 2.75) is 26.4 Å². The molecule has 17 heavy (non-hydrogen) atoms. The summed E-state index contributed by atoms with van der Waals surface area (Å²) in [6.45, 7) is 4.13. The molecule has 0 saturated heterocycles. The second kappa shape index (κ2) is 3.96. The number of hydrogen-bond acceptors (Lipinski definition) is 8. The van der Waals surface area contributed by atoms with Crippen LogP contribution in [0, 0.1) is 25.6 Å². The molecule has 0 N–H and O–H groups in total. The molecule has 0 spiro atoms. The van der Waals surface area contributed by atoms with Crippen LogP contribution in [-0.4, -0.2) is 30.5 Å². The summed E-state index contributed by atoms with van der Waals surface area (Å²) in [5, 5.41) is 35.2. The molecule has 0 atom stereocenters. The van der Waals surface area contributed by atoms with Gasteiger partial charge in [0.2, 0.25) is 5.69 Å². The van der Waals surface area contributed by atoms with Gasteiger partial charge in [-0.3, -0.25) is 20.2 Å². The Morgan fingerprint density at radius 1 is 1.12 bits per heavy atom. The van der Waals surface area contributed by atoms with Crippen molar-refractivity contribution in [2.75, 3.05) is 0 Å². The average molecular weight is 242 g/mol. The van der Waals surface area contributed by atoms with Crippen LogP contribution >= 0.6 is 0 Å². The summed E-state index contributed by atoms with van der Waals surface area (Å²) in [5.41, 5.74) is -4.36. The molecule has 1 aromatic rings. The van der Waals surface area contributed by atoms with E-state index < -0.39 is 26.6 Å². The Labute approximate surface area is 95.3 Å². The Bertz CT molecular complexity index is 427. The molecule has 0 unspecified atom stereocenters. The zero-order valence-corrected chi connectivity index (χ0v) is 9.39. The fourth-order valence-electron chi connectivity index (χ4n) is 1.54. The van der Waals surface area contributed by atoms with Crippen molar-refractivity contribution < 1.29 is 9.85 Å². The van der Waals surface area contributed by atoms with Gasteiger partial charge in [-0.2, -0.15) is 0 Å². The Hall–Kier alpha value is -2.26. The van der Waals surface area contributed by atoms with Gasteiger partial charge in [0.05, 0.1) is 6.20 Å². The molecule has 1 aromatic heterocycles. The van der Waals surface area contributed by atoms with Crippen LogP contribution in [0.15, 0.2) is 6.20 Å². The van der Waals surface area contributed by atoms with E-state index in [4.69, 9.17) is 0 Å². The molecule has 0 amide bonds. The summed E-state index contributed by atoms with van der Waals surface area (Å²) in [6, 6.07) is 0. The molecular weight excluding hydrogens is 232 g/mol. The third-order valence-corrected chi connectivity index (χ3v) is 2.36. The van der Waals surface area contributed by atoms with Gasteiger partial charge in [0.25, 0.3) is 0 Å². The zero-order chi connectivity index (χ0) is 13.3. The van der Waals surface area contributed by atoms with Gasteiger partial charge in [-0.05, 0) is 31.2 Å². The normalized spacial score (nSPS) is 12.2. The first-order chi connectivity index (χ1) is 7.74. The van der Waals surface area contributed by atoms with Crippen molar-refractivity contribution in [3.63, 3.8) is 0 Å². The van der Waals surface area contributed by atoms with Crippen LogP contribution in [0.5, 0.6) is 0 Å². The molecule has 1 heterocycles. The van der Waals surface area contributed by atoms with E-state index >= 15 is 0 Å². The first kappa shape index (κ1) is 12.8. The van der Waals surface area contributed by atoms with E-state index in [0.29, 0.717) is 0 Å². The summed E-state index contributed by atoms with van der Waals surface area (Å²) in [7, 11) is 0. The summed E-state index contributed by atoms with van der Waals surface area (Å²) < 4.78 is 0. The number of hydrogen-bond donors (Lipinski definition) is 0. The fourth-order valence-corrected chi connectivity index (χ4v) is 1.54. The molecule has 0 aliphatic heterocycles.